The summed E-state index contributed by atoms with van der Waals surface area (Å²) in [6, 6.07) is 11.6. The summed E-state index contributed by atoms with van der Waals surface area (Å²) < 4.78 is 18.4. The number of ether oxygens (including phenoxy) is 2. The number of carbonyl (C=O) groups excluding carboxylic acids is 1. The van der Waals surface area contributed by atoms with Crippen molar-refractivity contribution in [3.63, 3.8) is 0 Å². The van der Waals surface area contributed by atoms with Crippen LogP contribution in [0.5, 0.6) is 5.75 Å². The fourth-order valence-electron chi connectivity index (χ4n) is 3.85. The molecule has 0 saturated heterocycles. The molecule has 0 aliphatic carbocycles. The topological polar surface area (TPSA) is 94.7 Å². The molecule has 3 heterocycles. The highest BCUT2D eigenvalue weighted by molar-refractivity contribution is 5.91. The molecule has 0 bridgehead atoms. The monoisotopic (exact) mass is 439 g/mol. The molecule has 0 saturated carbocycles. The molecular formula is C23H29N5O4. The largest absolute Gasteiger partial charge is 0.494 e. The van der Waals surface area contributed by atoms with Crippen LogP contribution in [0, 0.1) is 0 Å². The third-order valence-electron chi connectivity index (χ3n) is 5.44. The van der Waals surface area contributed by atoms with Crippen molar-refractivity contribution in [2.24, 2.45) is 0 Å². The van der Waals surface area contributed by atoms with Crippen LogP contribution in [-0.2, 0) is 37.4 Å². The number of carbonyl (C=O) groups is 1. The molecular weight excluding hydrogens is 410 g/mol. The zero-order valence-electron chi connectivity index (χ0n) is 18.5. The summed E-state index contributed by atoms with van der Waals surface area (Å²) in [5.74, 6) is 3.21. The fourth-order valence-corrected chi connectivity index (χ4v) is 3.85. The summed E-state index contributed by atoms with van der Waals surface area (Å²) in [5.41, 5.74) is 1.19. The van der Waals surface area contributed by atoms with Crippen molar-refractivity contribution in [2.45, 2.75) is 39.6 Å². The highest BCUT2D eigenvalue weighted by atomic mass is 16.5. The summed E-state index contributed by atoms with van der Waals surface area (Å²) >= 11 is 0. The predicted molar refractivity (Wildman–Crippen MR) is 117 cm³/mol. The molecule has 0 radical (unpaired) electrons. The first-order valence-corrected chi connectivity index (χ1v) is 10.9. The summed E-state index contributed by atoms with van der Waals surface area (Å²) in [6.45, 7) is 6.62. The van der Waals surface area contributed by atoms with Crippen LogP contribution in [-0.4, -0.2) is 52.4 Å². The fraction of sp³-hybridized carbons (Fsp3) is 0.435. The van der Waals surface area contributed by atoms with Crippen LogP contribution in [0.1, 0.15) is 40.5 Å². The van der Waals surface area contributed by atoms with Gasteiger partial charge in [-0.25, -0.2) is 0 Å². The second-order valence-electron chi connectivity index (χ2n) is 7.63. The van der Waals surface area contributed by atoms with E-state index in [2.05, 4.69) is 31.0 Å². The molecule has 9 nitrogen and oxygen atoms in total. The lowest BCUT2D eigenvalue weighted by molar-refractivity contribution is 0.0913. The van der Waals surface area contributed by atoms with Crippen LogP contribution in [0.25, 0.3) is 0 Å². The Kier molecular flexibility index (Phi) is 7.18. The second kappa shape index (κ2) is 10.4. The van der Waals surface area contributed by atoms with Gasteiger partial charge in [0.25, 0.3) is 5.91 Å². The van der Waals surface area contributed by atoms with Crippen molar-refractivity contribution >= 4 is 5.91 Å². The second-order valence-corrected chi connectivity index (χ2v) is 7.63. The Bertz CT molecular complexity index is 1040. The van der Waals surface area contributed by atoms with E-state index < -0.39 is 0 Å². The van der Waals surface area contributed by atoms with E-state index in [0.717, 1.165) is 50.0 Å². The molecule has 32 heavy (non-hydrogen) atoms. The van der Waals surface area contributed by atoms with Crippen molar-refractivity contribution in [2.75, 3.05) is 26.8 Å². The van der Waals surface area contributed by atoms with Crippen LogP contribution in [0.15, 0.2) is 40.8 Å². The van der Waals surface area contributed by atoms with E-state index in [1.165, 1.54) is 5.56 Å². The van der Waals surface area contributed by atoms with Gasteiger partial charge < -0.3 is 23.8 Å². The molecule has 0 spiro atoms. The summed E-state index contributed by atoms with van der Waals surface area (Å²) in [7, 11) is 1.58. The highest BCUT2D eigenvalue weighted by Crippen LogP contribution is 2.21. The molecule has 1 aliphatic rings. The first kappa shape index (κ1) is 22.0. The van der Waals surface area contributed by atoms with Gasteiger partial charge in [-0.1, -0.05) is 18.2 Å². The lowest BCUT2D eigenvalue weighted by Crippen LogP contribution is -2.28. The number of para-hydroxylation sites is 1. The summed E-state index contributed by atoms with van der Waals surface area (Å²) in [5, 5.41) is 11.5. The van der Waals surface area contributed by atoms with Crippen molar-refractivity contribution < 1.29 is 18.7 Å². The van der Waals surface area contributed by atoms with Gasteiger partial charge in [0.2, 0.25) is 0 Å². The number of nitrogens with one attached hydrogen (secondary N) is 1. The minimum absolute atomic E-state index is 0.256. The number of amides is 1. The van der Waals surface area contributed by atoms with Crippen LogP contribution in [0.4, 0.5) is 0 Å². The number of hydrogen-bond acceptors (Lipinski definition) is 7. The van der Waals surface area contributed by atoms with E-state index in [9.17, 15) is 4.79 Å². The number of hydrogen-bond donors (Lipinski definition) is 1. The van der Waals surface area contributed by atoms with E-state index in [1.54, 1.807) is 19.2 Å². The molecule has 2 aromatic heterocycles. The van der Waals surface area contributed by atoms with Gasteiger partial charge in [0.05, 0.1) is 13.2 Å². The zero-order valence-corrected chi connectivity index (χ0v) is 18.5. The Morgan fingerprint density at radius 3 is 2.88 bits per heavy atom. The molecule has 4 rings (SSSR count). The first-order valence-electron chi connectivity index (χ1n) is 10.9. The molecule has 1 aromatic carbocycles. The number of nitrogens with zero attached hydrogens (tertiary/aromatic N) is 4. The molecule has 1 amide bonds. The van der Waals surface area contributed by atoms with Gasteiger partial charge in [-0.15, -0.1) is 10.2 Å². The first-order chi connectivity index (χ1) is 15.7. The van der Waals surface area contributed by atoms with Gasteiger partial charge in [0.15, 0.2) is 11.6 Å². The lowest BCUT2D eigenvalue weighted by atomic mass is 10.2. The quantitative estimate of drug-likeness (QED) is 0.547. The van der Waals surface area contributed by atoms with Crippen molar-refractivity contribution in [3.8, 4) is 5.75 Å². The van der Waals surface area contributed by atoms with E-state index >= 15 is 0 Å². The smallest absolute Gasteiger partial charge is 0.287 e. The number of furan rings is 1. The Morgan fingerprint density at radius 1 is 1.16 bits per heavy atom. The number of methoxy groups -OCH3 is 1. The molecule has 0 fully saturated rings. The zero-order chi connectivity index (χ0) is 22.3. The van der Waals surface area contributed by atoms with Crippen molar-refractivity contribution in [3.05, 3.63) is 65.1 Å². The Morgan fingerprint density at radius 2 is 2.03 bits per heavy atom. The normalized spacial score (nSPS) is 14.1. The Hall–Kier alpha value is -3.17. The van der Waals surface area contributed by atoms with E-state index in [4.69, 9.17) is 13.9 Å². The number of aromatic nitrogens is 3. The third-order valence-corrected chi connectivity index (χ3v) is 5.44. The Labute approximate surface area is 187 Å². The van der Waals surface area contributed by atoms with Gasteiger partial charge in [-0.3, -0.25) is 9.69 Å². The van der Waals surface area contributed by atoms with Crippen LogP contribution < -0.4 is 10.1 Å². The standard InChI is InChI=1S/C23H29N5O4/c1-3-31-19-7-5-4-6-17(19)15-27-11-10-21-25-26-22(28(21)13-12-27)14-24-23(29)20-9-8-18(32-20)16-30-2/h4-9H,3,10-16H2,1-2H3,(H,24,29). The molecule has 0 unspecified atom stereocenters. The molecule has 9 heteroatoms. The molecule has 3 aromatic rings. The van der Waals surface area contributed by atoms with Crippen LogP contribution in [0.3, 0.4) is 0 Å². The number of fused-ring (bicyclic) bond motifs is 1. The van der Waals surface area contributed by atoms with Crippen LogP contribution in [0.2, 0.25) is 0 Å². The molecule has 1 aliphatic heterocycles. The van der Waals surface area contributed by atoms with E-state index in [-0.39, 0.29) is 11.7 Å². The predicted octanol–water partition coefficient (Wildman–Crippen LogP) is 2.40. The third kappa shape index (κ3) is 5.17. The van der Waals surface area contributed by atoms with Crippen molar-refractivity contribution in [1.82, 2.24) is 25.0 Å². The number of rotatable bonds is 9. The average molecular weight is 440 g/mol. The van der Waals surface area contributed by atoms with E-state index in [1.807, 2.05) is 25.1 Å². The maximum atomic E-state index is 12.4. The van der Waals surface area contributed by atoms with Crippen LogP contribution >= 0.6 is 0 Å². The minimum Gasteiger partial charge on any atom is -0.494 e. The molecule has 170 valence electrons. The highest BCUT2D eigenvalue weighted by Gasteiger charge is 2.20. The molecule has 0 atom stereocenters. The minimum atomic E-state index is -0.285. The summed E-state index contributed by atoms with van der Waals surface area (Å²) in [4.78, 5) is 14.8. The van der Waals surface area contributed by atoms with E-state index in [0.29, 0.717) is 25.5 Å². The number of benzene rings is 1. The van der Waals surface area contributed by atoms with Gasteiger partial charge in [0, 0.05) is 45.3 Å². The Balaban J connectivity index is 1.35. The summed E-state index contributed by atoms with van der Waals surface area (Å²) in [6.07, 6.45) is 0.802. The van der Waals surface area contributed by atoms with Gasteiger partial charge in [0.1, 0.15) is 23.9 Å². The van der Waals surface area contributed by atoms with Gasteiger partial charge >= 0.3 is 0 Å². The SMILES string of the molecule is CCOc1ccccc1CN1CCc2nnc(CNC(=O)c3ccc(COC)o3)n2CC1. The van der Waals surface area contributed by atoms with Gasteiger partial charge in [-0.05, 0) is 25.1 Å². The average Bonchev–Trinajstić information content (AvgIpc) is 3.37. The van der Waals surface area contributed by atoms with Gasteiger partial charge in [-0.2, -0.15) is 0 Å². The maximum Gasteiger partial charge on any atom is 0.287 e. The lowest BCUT2D eigenvalue weighted by Gasteiger charge is -2.21. The maximum absolute atomic E-state index is 12.4. The molecule has 1 N–H and O–H groups in total. The van der Waals surface area contributed by atoms with Crippen molar-refractivity contribution in [1.29, 1.82) is 0 Å².